The first-order valence-electron chi connectivity index (χ1n) is 6.43. The average Bonchev–Trinajstić information content (AvgIpc) is 2.25. The highest BCUT2D eigenvalue weighted by atomic mass is 16.6. The molecule has 4 heteroatoms. The van der Waals surface area contributed by atoms with Crippen molar-refractivity contribution in [3.05, 3.63) is 35.4 Å². The van der Waals surface area contributed by atoms with Gasteiger partial charge in [0.15, 0.2) is 0 Å². The quantitative estimate of drug-likeness (QED) is 0.882. The molecule has 0 aliphatic carbocycles. The number of carbonyl (C=O) groups is 1. The summed E-state index contributed by atoms with van der Waals surface area (Å²) >= 11 is 0. The fourth-order valence-corrected chi connectivity index (χ4v) is 1.61. The molecule has 0 aromatic heterocycles. The summed E-state index contributed by atoms with van der Waals surface area (Å²) in [4.78, 5) is 11.6. The summed E-state index contributed by atoms with van der Waals surface area (Å²) in [6.07, 6.45) is -0.448. The topological polar surface area (TPSA) is 64.3 Å². The summed E-state index contributed by atoms with van der Waals surface area (Å²) in [6.45, 7) is 9.72. The van der Waals surface area contributed by atoms with Crippen LogP contribution in [0.1, 0.15) is 38.8 Å². The van der Waals surface area contributed by atoms with E-state index >= 15 is 0 Å². The minimum absolute atomic E-state index is 0.324. The van der Waals surface area contributed by atoms with Gasteiger partial charge < -0.3 is 15.8 Å². The molecule has 1 atom stereocenters. The lowest BCUT2D eigenvalue weighted by Gasteiger charge is -2.27. The summed E-state index contributed by atoms with van der Waals surface area (Å²) in [7, 11) is 0. The molecule has 0 saturated heterocycles. The van der Waals surface area contributed by atoms with Gasteiger partial charge in [-0.15, -0.1) is 0 Å². The van der Waals surface area contributed by atoms with Gasteiger partial charge in [0.25, 0.3) is 0 Å². The van der Waals surface area contributed by atoms with E-state index in [0.717, 1.165) is 5.56 Å². The number of amides is 1. The van der Waals surface area contributed by atoms with E-state index < -0.39 is 17.2 Å². The maximum absolute atomic E-state index is 11.6. The SMILES string of the molecule is Cc1ccc(C(C)(N)CNC(=O)OC(C)(C)C)cc1. The van der Waals surface area contributed by atoms with Gasteiger partial charge in [-0.2, -0.15) is 0 Å². The largest absolute Gasteiger partial charge is 0.444 e. The molecule has 0 heterocycles. The molecule has 0 saturated carbocycles. The average molecular weight is 264 g/mol. The molecule has 1 unspecified atom stereocenters. The molecule has 1 rings (SSSR count). The van der Waals surface area contributed by atoms with Crippen LogP contribution in [0.2, 0.25) is 0 Å². The molecule has 0 aliphatic rings. The van der Waals surface area contributed by atoms with Crippen molar-refractivity contribution in [3.63, 3.8) is 0 Å². The Labute approximate surface area is 115 Å². The zero-order valence-electron chi connectivity index (χ0n) is 12.4. The molecule has 1 amide bonds. The second kappa shape index (κ2) is 5.61. The first-order chi connectivity index (χ1) is 8.60. The van der Waals surface area contributed by atoms with Crippen molar-refractivity contribution in [3.8, 4) is 0 Å². The molecule has 19 heavy (non-hydrogen) atoms. The highest BCUT2D eigenvalue weighted by Crippen LogP contribution is 2.17. The fourth-order valence-electron chi connectivity index (χ4n) is 1.61. The molecule has 4 nitrogen and oxygen atoms in total. The van der Waals surface area contributed by atoms with E-state index in [-0.39, 0.29) is 0 Å². The molecule has 0 spiro atoms. The standard InChI is InChI=1S/C15H24N2O2/c1-11-6-8-12(9-7-11)15(5,16)10-17-13(18)19-14(2,3)4/h6-9H,10,16H2,1-5H3,(H,17,18). The van der Waals surface area contributed by atoms with E-state index in [9.17, 15) is 4.79 Å². The molecule has 3 N–H and O–H groups in total. The molecular formula is C15H24N2O2. The van der Waals surface area contributed by atoms with Crippen LogP contribution in [-0.2, 0) is 10.3 Å². The summed E-state index contributed by atoms with van der Waals surface area (Å²) in [5.41, 5.74) is 7.27. The van der Waals surface area contributed by atoms with Crippen LogP contribution < -0.4 is 11.1 Å². The van der Waals surface area contributed by atoms with Gasteiger partial charge in [0, 0.05) is 6.54 Å². The lowest BCUT2D eigenvalue weighted by Crippen LogP contribution is -2.46. The van der Waals surface area contributed by atoms with E-state index in [0.29, 0.717) is 6.54 Å². The second-order valence-corrected chi connectivity index (χ2v) is 6.14. The summed E-state index contributed by atoms with van der Waals surface area (Å²) in [6, 6.07) is 7.97. The third-order valence-corrected chi connectivity index (χ3v) is 2.71. The van der Waals surface area contributed by atoms with Crippen molar-refractivity contribution in [1.29, 1.82) is 0 Å². The third-order valence-electron chi connectivity index (χ3n) is 2.71. The van der Waals surface area contributed by atoms with Crippen molar-refractivity contribution >= 4 is 6.09 Å². The van der Waals surface area contributed by atoms with Crippen molar-refractivity contribution in [2.75, 3.05) is 6.54 Å². The van der Waals surface area contributed by atoms with Crippen molar-refractivity contribution in [2.24, 2.45) is 5.73 Å². The zero-order chi connectivity index (χ0) is 14.7. The lowest BCUT2D eigenvalue weighted by atomic mass is 9.92. The molecule has 0 fully saturated rings. The van der Waals surface area contributed by atoms with Crippen LogP contribution in [-0.4, -0.2) is 18.2 Å². The Morgan fingerprint density at radius 1 is 1.21 bits per heavy atom. The van der Waals surface area contributed by atoms with E-state index in [1.165, 1.54) is 5.56 Å². The molecule has 106 valence electrons. The number of nitrogens with two attached hydrogens (primary N) is 1. The predicted octanol–water partition coefficient (Wildman–Crippen LogP) is 2.69. The van der Waals surface area contributed by atoms with Crippen molar-refractivity contribution in [1.82, 2.24) is 5.32 Å². The normalized spacial score (nSPS) is 14.6. The molecule has 0 radical (unpaired) electrons. The van der Waals surface area contributed by atoms with Gasteiger partial charge in [-0.3, -0.25) is 0 Å². The van der Waals surface area contributed by atoms with E-state index in [1.54, 1.807) is 0 Å². The Balaban J connectivity index is 2.60. The predicted molar refractivity (Wildman–Crippen MR) is 77.0 cm³/mol. The van der Waals surface area contributed by atoms with Crippen molar-refractivity contribution < 1.29 is 9.53 Å². The maximum atomic E-state index is 11.6. The number of benzene rings is 1. The lowest BCUT2D eigenvalue weighted by molar-refractivity contribution is 0.0516. The summed E-state index contributed by atoms with van der Waals surface area (Å²) in [5.74, 6) is 0. The van der Waals surface area contributed by atoms with Crippen LogP contribution in [0.3, 0.4) is 0 Å². The van der Waals surface area contributed by atoms with Gasteiger partial charge in [-0.05, 0) is 40.2 Å². The maximum Gasteiger partial charge on any atom is 0.407 e. The zero-order valence-corrected chi connectivity index (χ0v) is 12.4. The number of aryl methyl sites for hydroxylation is 1. The summed E-state index contributed by atoms with van der Waals surface area (Å²) < 4.78 is 5.18. The number of carbonyl (C=O) groups excluding carboxylic acids is 1. The van der Waals surface area contributed by atoms with Crippen LogP contribution in [0, 0.1) is 6.92 Å². The Morgan fingerprint density at radius 2 is 1.74 bits per heavy atom. The van der Waals surface area contributed by atoms with Crippen LogP contribution in [0.4, 0.5) is 4.79 Å². The fraction of sp³-hybridized carbons (Fsp3) is 0.533. The Morgan fingerprint density at radius 3 is 2.21 bits per heavy atom. The first kappa shape index (κ1) is 15.5. The molecular weight excluding hydrogens is 240 g/mol. The third kappa shape index (κ3) is 5.30. The van der Waals surface area contributed by atoms with E-state index in [1.807, 2.05) is 58.9 Å². The molecule has 0 aliphatic heterocycles. The number of nitrogens with one attached hydrogen (secondary N) is 1. The minimum atomic E-state index is -0.620. The molecule has 1 aromatic carbocycles. The molecule has 1 aromatic rings. The summed E-state index contributed by atoms with van der Waals surface area (Å²) in [5, 5.41) is 2.71. The molecule has 0 bridgehead atoms. The van der Waals surface area contributed by atoms with Crippen LogP contribution >= 0.6 is 0 Å². The van der Waals surface area contributed by atoms with Gasteiger partial charge in [-0.25, -0.2) is 4.79 Å². The van der Waals surface area contributed by atoms with E-state index in [2.05, 4.69) is 5.32 Å². The second-order valence-electron chi connectivity index (χ2n) is 6.14. The number of hydrogen-bond acceptors (Lipinski definition) is 3. The van der Waals surface area contributed by atoms with Gasteiger partial charge in [0.2, 0.25) is 0 Å². The number of ether oxygens (including phenoxy) is 1. The number of hydrogen-bond donors (Lipinski definition) is 2. The van der Waals surface area contributed by atoms with Gasteiger partial charge in [0.05, 0.1) is 5.54 Å². The minimum Gasteiger partial charge on any atom is -0.444 e. The number of rotatable bonds is 3. The van der Waals surface area contributed by atoms with Crippen LogP contribution in [0.25, 0.3) is 0 Å². The Kier molecular flexibility index (Phi) is 4.58. The van der Waals surface area contributed by atoms with Gasteiger partial charge in [0.1, 0.15) is 5.60 Å². The van der Waals surface area contributed by atoms with E-state index in [4.69, 9.17) is 10.5 Å². The van der Waals surface area contributed by atoms with Crippen LogP contribution in [0.5, 0.6) is 0 Å². The number of alkyl carbamates (subject to hydrolysis) is 1. The van der Waals surface area contributed by atoms with Crippen LogP contribution in [0.15, 0.2) is 24.3 Å². The monoisotopic (exact) mass is 264 g/mol. The smallest absolute Gasteiger partial charge is 0.407 e. The van der Waals surface area contributed by atoms with Gasteiger partial charge in [-0.1, -0.05) is 29.8 Å². The highest BCUT2D eigenvalue weighted by Gasteiger charge is 2.23. The van der Waals surface area contributed by atoms with Gasteiger partial charge >= 0.3 is 6.09 Å². The highest BCUT2D eigenvalue weighted by molar-refractivity contribution is 5.67. The Hall–Kier alpha value is -1.55. The Bertz CT molecular complexity index is 430. The first-order valence-corrected chi connectivity index (χ1v) is 6.43. The van der Waals surface area contributed by atoms with Crippen molar-refractivity contribution in [2.45, 2.75) is 45.8 Å².